The van der Waals surface area contributed by atoms with Crippen LogP contribution in [0.5, 0.6) is 0 Å². The van der Waals surface area contributed by atoms with Gasteiger partial charge in [0.05, 0.1) is 13.2 Å². The summed E-state index contributed by atoms with van der Waals surface area (Å²) in [5, 5.41) is 8.60. The van der Waals surface area contributed by atoms with Crippen molar-refractivity contribution in [2.75, 3.05) is 13.2 Å². The molecule has 0 aliphatic rings. The normalized spacial score (nSPS) is 11.2. The minimum atomic E-state index is -4.49. The second-order valence-electron chi connectivity index (χ2n) is 1.59. The van der Waals surface area contributed by atoms with Crippen molar-refractivity contribution in [1.82, 2.24) is 5.06 Å². The van der Waals surface area contributed by atoms with E-state index in [1.807, 2.05) is 0 Å². The van der Waals surface area contributed by atoms with Crippen LogP contribution in [0.25, 0.3) is 0 Å². The number of phosphoric ester groups is 1. The van der Waals surface area contributed by atoms with Crippen molar-refractivity contribution in [2.45, 2.75) is 0 Å². The Morgan fingerprint density at radius 3 is 2.45 bits per heavy atom. The van der Waals surface area contributed by atoms with Crippen LogP contribution >= 0.6 is 7.82 Å². The van der Waals surface area contributed by atoms with E-state index in [1.165, 1.54) is 0 Å². The Balaban J connectivity index is 3.42. The molecule has 0 aliphatic carbocycles. The predicted molar refractivity (Wildman–Crippen MR) is 32.6 cm³/mol. The molecule has 0 rings (SSSR count). The highest BCUT2D eigenvalue weighted by Crippen LogP contribution is 2.35. The average Bonchev–Trinajstić information content (AvgIpc) is 1.85. The van der Waals surface area contributed by atoms with Gasteiger partial charge >= 0.3 is 7.82 Å². The van der Waals surface area contributed by atoms with Gasteiger partial charge in [0, 0.05) is 0 Å². The molecule has 7 nitrogen and oxygen atoms in total. The molecule has 1 amide bonds. The fraction of sp³-hybridized carbons (Fsp3) is 0.667. The van der Waals surface area contributed by atoms with Gasteiger partial charge in [0.25, 0.3) is 0 Å². The lowest BCUT2D eigenvalue weighted by molar-refractivity contribution is -0.151. The molecule has 0 saturated heterocycles. The lowest BCUT2D eigenvalue weighted by Crippen LogP contribution is -2.21. The molecular formula is C3H8NO6P. The molecule has 0 aromatic heterocycles. The molecule has 0 heterocycles. The molecule has 0 bridgehead atoms. The summed E-state index contributed by atoms with van der Waals surface area (Å²) >= 11 is 0. The lowest BCUT2D eigenvalue weighted by atomic mass is 10.7. The molecule has 0 radical (unpaired) electrons. The number of amides is 1. The van der Waals surface area contributed by atoms with Gasteiger partial charge in [0.15, 0.2) is 0 Å². The van der Waals surface area contributed by atoms with Gasteiger partial charge < -0.3 is 9.79 Å². The van der Waals surface area contributed by atoms with E-state index in [0.717, 1.165) is 0 Å². The summed E-state index contributed by atoms with van der Waals surface area (Å²) in [7, 11) is -4.49. The Bertz CT molecular complexity index is 165. The predicted octanol–water partition coefficient (Wildman–Crippen LogP) is -1.06. The van der Waals surface area contributed by atoms with Crippen molar-refractivity contribution in [3.63, 3.8) is 0 Å². The number of carbonyl (C=O) groups is 1. The van der Waals surface area contributed by atoms with E-state index in [-0.39, 0.29) is 18.0 Å². The van der Waals surface area contributed by atoms with Crippen LogP contribution in [0.4, 0.5) is 0 Å². The highest BCUT2D eigenvalue weighted by molar-refractivity contribution is 7.46. The van der Waals surface area contributed by atoms with E-state index < -0.39 is 14.4 Å². The van der Waals surface area contributed by atoms with Crippen LogP contribution in [0.15, 0.2) is 0 Å². The Morgan fingerprint density at radius 1 is 1.55 bits per heavy atom. The third kappa shape index (κ3) is 7.44. The van der Waals surface area contributed by atoms with E-state index >= 15 is 0 Å². The van der Waals surface area contributed by atoms with Gasteiger partial charge in [-0.2, -0.15) is 0 Å². The SMILES string of the molecule is O=CN(O)CCOP(=O)(O)O. The third-order valence-electron chi connectivity index (χ3n) is 0.702. The van der Waals surface area contributed by atoms with Crippen LogP contribution in [0.3, 0.4) is 0 Å². The third-order valence-corrected chi connectivity index (χ3v) is 1.22. The van der Waals surface area contributed by atoms with Gasteiger partial charge in [-0.15, -0.1) is 0 Å². The lowest BCUT2D eigenvalue weighted by Gasteiger charge is -2.08. The fourth-order valence-electron chi connectivity index (χ4n) is 0.306. The summed E-state index contributed by atoms with van der Waals surface area (Å²) in [5.41, 5.74) is 0. The van der Waals surface area contributed by atoms with Crippen LogP contribution in [0, 0.1) is 0 Å². The quantitative estimate of drug-likeness (QED) is 0.218. The summed E-state index contributed by atoms with van der Waals surface area (Å²) in [6.07, 6.45) is 0.100. The maximum atomic E-state index is 9.98. The second-order valence-corrected chi connectivity index (χ2v) is 2.83. The van der Waals surface area contributed by atoms with E-state index in [1.54, 1.807) is 0 Å². The Labute approximate surface area is 62.4 Å². The van der Waals surface area contributed by atoms with E-state index in [4.69, 9.17) is 15.0 Å². The smallest absolute Gasteiger partial charge is 0.303 e. The molecule has 0 fully saturated rings. The van der Waals surface area contributed by atoms with Gasteiger partial charge in [-0.1, -0.05) is 0 Å². The number of nitrogens with zero attached hydrogens (tertiary/aromatic N) is 1. The summed E-state index contributed by atoms with van der Waals surface area (Å²) in [6, 6.07) is 0. The number of hydrogen-bond donors (Lipinski definition) is 3. The molecule has 0 spiro atoms. The minimum absolute atomic E-state index is 0.100. The number of phosphoric acid groups is 1. The van der Waals surface area contributed by atoms with Crippen molar-refractivity contribution in [1.29, 1.82) is 0 Å². The standard InChI is InChI=1S/C3H8NO6P/c5-3-4(6)1-2-10-11(7,8)9/h3,6H,1-2H2,(H2,7,8,9). The van der Waals surface area contributed by atoms with E-state index in [0.29, 0.717) is 0 Å². The van der Waals surface area contributed by atoms with Gasteiger partial charge in [0.1, 0.15) is 0 Å². The summed E-state index contributed by atoms with van der Waals surface area (Å²) in [4.78, 5) is 25.9. The van der Waals surface area contributed by atoms with E-state index in [2.05, 4.69) is 4.52 Å². The van der Waals surface area contributed by atoms with Crippen molar-refractivity contribution >= 4 is 14.2 Å². The largest absolute Gasteiger partial charge is 0.469 e. The molecule has 3 N–H and O–H groups in total. The monoisotopic (exact) mass is 185 g/mol. The Morgan fingerprint density at radius 2 is 2.09 bits per heavy atom. The molecule has 0 aliphatic heterocycles. The zero-order chi connectivity index (χ0) is 8.91. The van der Waals surface area contributed by atoms with Crippen LogP contribution in [-0.2, 0) is 13.9 Å². The van der Waals surface area contributed by atoms with Crippen molar-refractivity contribution in [2.24, 2.45) is 0 Å². The number of carbonyl (C=O) groups excluding carboxylic acids is 1. The highest BCUT2D eigenvalue weighted by Gasteiger charge is 2.13. The first-order valence-electron chi connectivity index (χ1n) is 2.56. The zero-order valence-electron chi connectivity index (χ0n) is 5.45. The van der Waals surface area contributed by atoms with Crippen LogP contribution < -0.4 is 0 Å². The van der Waals surface area contributed by atoms with Crippen LogP contribution in [-0.4, -0.2) is 39.6 Å². The first-order chi connectivity index (χ1) is 4.95. The average molecular weight is 185 g/mol. The van der Waals surface area contributed by atoms with Crippen molar-refractivity contribution in [3.05, 3.63) is 0 Å². The molecular weight excluding hydrogens is 177 g/mol. The Kier molecular flexibility index (Phi) is 4.24. The molecule has 8 heteroatoms. The van der Waals surface area contributed by atoms with E-state index in [9.17, 15) is 9.36 Å². The van der Waals surface area contributed by atoms with Crippen LogP contribution in [0.1, 0.15) is 0 Å². The molecule has 0 unspecified atom stereocenters. The molecule has 0 saturated carbocycles. The zero-order valence-corrected chi connectivity index (χ0v) is 6.35. The van der Waals surface area contributed by atoms with Crippen LogP contribution in [0.2, 0.25) is 0 Å². The maximum Gasteiger partial charge on any atom is 0.469 e. The molecule has 0 atom stereocenters. The first kappa shape index (κ1) is 10.5. The fourth-order valence-corrected chi connectivity index (χ4v) is 0.625. The summed E-state index contributed by atoms with van der Waals surface area (Å²) in [5.74, 6) is 0. The molecule has 11 heavy (non-hydrogen) atoms. The highest BCUT2D eigenvalue weighted by atomic mass is 31.2. The molecule has 0 aromatic rings. The molecule has 0 aromatic carbocycles. The van der Waals surface area contributed by atoms with Crippen molar-refractivity contribution in [3.8, 4) is 0 Å². The maximum absolute atomic E-state index is 9.98. The van der Waals surface area contributed by atoms with Gasteiger partial charge in [-0.25, -0.2) is 9.63 Å². The first-order valence-corrected chi connectivity index (χ1v) is 4.09. The van der Waals surface area contributed by atoms with Gasteiger partial charge in [-0.05, 0) is 0 Å². The second kappa shape index (κ2) is 4.42. The number of hydroxylamine groups is 2. The molecule has 66 valence electrons. The summed E-state index contributed by atoms with van der Waals surface area (Å²) in [6.45, 7) is -0.700. The Hall–Kier alpha value is -0.460. The van der Waals surface area contributed by atoms with Crippen molar-refractivity contribution < 1.29 is 28.9 Å². The minimum Gasteiger partial charge on any atom is -0.303 e. The summed E-state index contributed by atoms with van der Waals surface area (Å²) < 4.78 is 13.9. The van der Waals surface area contributed by atoms with Gasteiger partial charge in [0.2, 0.25) is 6.41 Å². The number of rotatable bonds is 5. The topological polar surface area (TPSA) is 107 Å². The van der Waals surface area contributed by atoms with Gasteiger partial charge in [-0.3, -0.25) is 14.5 Å². The number of hydrogen-bond acceptors (Lipinski definition) is 4.